The molecule has 1 aliphatic rings. The number of hydrogen-bond donors (Lipinski definition) is 2. The molecule has 0 radical (unpaired) electrons. The average Bonchev–Trinajstić information content (AvgIpc) is 2.89. The minimum Gasteiger partial charge on any atom is -0.393 e. The van der Waals surface area contributed by atoms with Gasteiger partial charge in [-0.15, -0.1) is 0 Å². The van der Waals surface area contributed by atoms with E-state index in [0.717, 1.165) is 18.4 Å². The second kappa shape index (κ2) is 5.69. The minimum atomic E-state index is -0.244. The molecule has 1 atom stereocenters. The highest BCUT2D eigenvalue weighted by Gasteiger charge is 2.36. The number of aromatic nitrogens is 2. The summed E-state index contributed by atoms with van der Waals surface area (Å²) >= 11 is 0. The van der Waals surface area contributed by atoms with E-state index in [4.69, 9.17) is 0 Å². The Balaban J connectivity index is 1.80. The Kier molecular flexibility index (Phi) is 3.75. The van der Waals surface area contributed by atoms with E-state index in [1.54, 1.807) is 24.0 Å². The summed E-state index contributed by atoms with van der Waals surface area (Å²) < 4.78 is 1.70. The first-order valence-corrected chi connectivity index (χ1v) is 7.16. The summed E-state index contributed by atoms with van der Waals surface area (Å²) in [5, 5.41) is 12.6. The van der Waals surface area contributed by atoms with Gasteiger partial charge in [0.2, 0.25) is 0 Å². The van der Waals surface area contributed by atoms with Gasteiger partial charge in [0.1, 0.15) is 0 Å². The first kappa shape index (κ1) is 13.8. The number of nitrogens with one attached hydrogen (secondary N) is 1. The van der Waals surface area contributed by atoms with Crippen molar-refractivity contribution in [3.63, 3.8) is 0 Å². The zero-order valence-corrected chi connectivity index (χ0v) is 11.9. The van der Waals surface area contributed by atoms with Gasteiger partial charge >= 0.3 is 0 Å². The van der Waals surface area contributed by atoms with Crippen LogP contribution in [0.1, 0.15) is 35.1 Å². The van der Waals surface area contributed by atoms with Gasteiger partial charge in [-0.25, -0.2) is 4.98 Å². The summed E-state index contributed by atoms with van der Waals surface area (Å²) in [5.41, 5.74) is 1.07. The van der Waals surface area contributed by atoms with Gasteiger partial charge in [-0.2, -0.15) is 0 Å². The molecule has 0 bridgehead atoms. The number of nitrogens with zero attached hydrogens (tertiary/aromatic N) is 2. The SMILES string of the molecule is Cn1ccnc1C(=O)N[C@@H](c1ccccc1)C1CC(O)C1. The zero-order valence-electron chi connectivity index (χ0n) is 11.9. The van der Waals surface area contributed by atoms with Gasteiger partial charge in [-0.3, -0.25) is 4.79 Å². The molecule has 0 spiro atoms. The van der Waals surface area contributed by atoms with Crippen LogP contribution in [0.3, 0.4) is 0 Å². The van der Waals surface area contributed by atoms with E-state index in [9.17, 15) is 9.90 Å². The number of amides is 1. The number of aryl methyl sites for hydroxylation is 1. The van der Waals surface area contributed by atoms with Gasteiger partial charge in [0.05, 0.1) is 12.1 Å². The van der Waals surface area contributed by atoms with Crippen molar-refractivity contribution in [2.24, 2.45) is 13.0 Å². The molecule has 1 aromatic heterocycles. The number of aliphatic hydroxyl groups is 1. The standard InChI is InChI=1S/C16H19N3O2/c1-19-8-7-17-15(19)16(21)18-14(12-9-13(20)10-12)11-5-3-2-4-6-11/h2-8,12-14,20H,9-10H2,1H3,(H,18,21)/t12?,13?,14-/m0/s1. The van der Waals surface area contributed by atoms with Gasteiger partial charge in [-0.1, -0.05) is 30.3 Å². The summed E-state index contributed by atoms with van der Waals surface area (Å²) in [4.78, 5) is 16.5. The van der Waals surface area contributed by atoms with E-state index in [-0.39, 0.29) is 24.0 Å². The van der Waals surface area contributed by atoms with E-state index < -0.39 is 0 Å². The van der Waals surface area contributed by atoms with Crippen LogP contribution in [-0.4, -0.2) is 26.7 Å². The topological polar surface area (TPSA) is 67.2 Å². The van der Waals surface area contributed by atoms with Crippen LogP contribution in [0.2, 0.25) is 0 Å². The number of hydrogen-bond acceptors (Lipinski definition) is 3. The van der Waals surface area contributed by atoms with Crippen LogP contribution in [0.5, 0.6) is 0 Å². The van der Waals surface area contributed by atoms with Crippen LogP contribution in [0.4, 0.5) is 0 Å². The molecule has 1 aliphatic carbocycles. The summed E-state index contributed by atoms with van der Waals surface area (Å²) in [7, 11) is 1.80. The highest BCUT2D eigenvalue weighted by molar-refractivity contribution is 5.91. The second-order valence-electron chi connectivity index (χ2n) is 5.61. The highest BCUT2D eigenvalue weighted by atomic mass is 16.3. The molecular weight excluding hydrogens is 266 g/mol. The number of carbonyl (C=O) groups is 1. The lowest BCUT2D eigenvalue weighted by Gasteiger charge is -2.38. The fourth-order valence-electron chi connectivity index (χ4n) is 2.83. The van der Waals surface area contributed by atoms with Crippen LogP contribution >= 0.6 is 0 Å². The molecule has 0 aliphatic heterocycles. The molecule has 0 saturated heterocycles. The maximum Gasteiger partial charge on any atom is 0.287 e. The van der Waals surface area contributed by atoms with Crippen LogP contribution in [0, 0.1) is 5.92 Å². The van der Waals surface area contributed by atoms with Crippen LogP contribution in [0.15, 0.2) is 42.7 Å². The van der Waals surface area contributed by atoms with Gasteiger partial charge in [0, 0.05) is 19.4 Å². The molecule has 2 N–H and O–H groups in total. The maximum atomic E-state index is 12.4. The van der Waals surface area contributed by atoms with E-state index in [0.29, 0.717) is 5.82 Å². The Bertz CT molecular complexity index is 617. The van der Waals surface area contributed by atoms with Crippen LogP contribution in [-0.2, 0) is 7.05 Å². The van der Waals surface area contributed by atoms with Crippen LogP contribution < -0.4 is 5.32 Å². The lowest BCUT2D eigenvalue weighted by molar-refractivity contribution is 0.0234. The lowest BCUT2D eigenvalue weighted by atomic mass is 9.75. The Morgan fingerprint density at radius 3 is 2.67 bits per heavy atom. The van der Waals surface area contributed by atoms with Gasteiger partial charge in [0.15, 0.2) is 5.82 Å². The Labute approximate surface area is 123 Å². The van der Waals surface area contributed by atoms with Gasteiger partial charge < -0.3 is 15.0 Å². The Morgan fingerprint density at radius 1 is 1.38 bits per heavy atom. The van der Waals surface area contributed by atoms with E-state index in [2.05, 4.69) is 10.3 Å². The molecule has 2 aromatic rings. The summed E-state index contributed by atoms with van der Waals surface area (Å²) in [6.45, 7) is 0. The maximum absolute atomic E-state index is 12.4. The molecule has 3 rings (SSSR count). The third kappa shape index (κ3) is 2.83. The number of imidazole rings is 1. The van der Waals surface area contributed by atoms with Crippen molar-refractivity contribution in [3.05, 3.63) is 54.1 Å². The van der Waals surface area contributed by atoms with Crippen molar-refractivity contribution in [2.75, 3.05) is 0 Å². The monoisotopic (exact) mass is 285 g/mol. The van der Waals surface area contributed by atoms with Gasteiger partial charge in [-0.05, 0) is 24.3 Å². The van der Waals surface area contributed by atoms with Gasteiger partial charge in [0.25, 0.3) is 5.91 Å². The molecule has 1 amide bonds. The summed E-state index contributed by atoms with van der Waals surface area (Å²) in [6, 6.07) is 9.81. The second-order valence-corrected chi connectivity index (χ2v) is 5.61. The normalized spacial score (nSPS) is 22.4. The van der Waals surface area contributed by atoms with Crippen molar-refractivity contribution in [3.8, 4) is 0 Å². The number of benzene rings is 1. The van der Waals surface area contributed by atoms with E-state index in [1.807, 2.05) is 30.3 Å². The highest BCUT2D eigenvalue weighted by Crippen LogP contribution is 2.38. The summed E-state index contributed by atoms with van der Waals surface area (Å²) in [6.07, 6.45) is 4.56. The smallest absolute Gasteiger partial charge is 0.287 e. The molecule has 1 saturated carbocycles. The van der Waals surface area contributed by atoms with Crippen molar-refractivity contribution in [1.29, 1.82) is 0 Å². The van der Waals surface area contributed by atoms with Crippen molar-refractivity contribution in [1.82, 2.24) is 14.9 Å². The first-order chi connectivity index (χ1) is 10.1. The third-order valence-corrected chi connectivity index (χ3v) is 4.09. The fourth-order valence-corrected chi connectivity index (χ4v) is 2.83. The minimum absolute atomic E-state index is 0.0844. The summed E-state index contributed by atoms with van der Waals surface area (Å²) in [5.74, 6) is 0.486. The largest absolute Gasteiger partial charge is 0.393 e. The number of carbonyl (C=O) groups excluding carboxylic acids is 1. The van der Waals surface area contributed by atoms with Crippen LogP contribution in [0.25, 0.3) is 0 Å². The molecule has 5 heteroatoms. The molecule has 0 unspecified atom stereocenters. The van der Waals surface area contributed by atoms with Crippen molar-refractivity contribution >= 4 is 5.91 Å². The molecule has 1 heterocycles. The molecule has 5 nitrogen and oxygen atoms in total. The quantitative estimate of drug-likeness (QED) is 0.898. The predicted octanol–water partition coefficient (Wildman–Crippen LogP) is 1.66. The van der Waals surface area contributed by atoms with E-state index in [1.165, 1.54) is 0 Å². The Hall–Kier alpha value is -2.14. The fraction of sp³-hybridized carbons (Fsp3) is 0.375. The molecule has 110 valence electrons. The third-order valence-electron chi connectivity index (χ3n) is 4.09. The predicted molar refractivity (Wildman–Crippen MR) is 78.6 cm³/mol. The first-order valence-electron chi connectivity index (χ1n) is 7.16. The average molecular weight is 285 g/mol. The molecule has 1 aromatic carbocycles. The lowest BCUT2D eigenvalue weighted by Crippen LogP contribution is -2.42. The van der Waals surface area contributed by atoms with Crippen molar-refractivity contribution in [2.45, 2.75) is 25.0 Å². The molecule has 21 heavy (non-hydrogen) atoms. The van der Waals surface area contributed by atoms with E-state index >= 15 is 0 Å². The molecule has 1 fully saturated rings. The number of aliphatic hydroxyl groups excluding tert-OH is 1. The molecular formula is C16H19N3O2. The zero-order chi connectivity index (χ0) is 14.8. The number of rotatable bonds is 4. The Morgan fingerprint density at radius 2 is 2.10 bits per heavy atom. The van der Waals surface area contributed by atoms with Crippen molar-refractivity contribution < 1.29 is 9.90 Å².